The number of nitrogens with zero attached hydrogens (tertiary/aromatic N) is 1. The molecule has 0 atom stereocenters. The second-order valence-corrected chi connectivity index (χ2v) is 2.00. The Bertz CT molecular complexity index is 321. The van der Waals surface area contributed by atoms with Crippen LogP contribution in [0.5, 0.6) is 5.88 Å². The minimum absolute atomic E-state index is 0.272. The number of nitrogens with one attached hydrogen (secondary N) is 1. The summed E-state index contributed by atoms with van der Waals surface area (Å²) in [5, 5.41) is 8.71. The first-order valence-electron chi connectivity index (χ1n) is 3.12. The summed E-state index contributed by atoms with van der Waals surface area (Å²) in [6.07, 6.45) is 0.448. The zero-order valence-corrected chi connectivity index (χ0v) is 5.89. The zero-order chi connectivity index (χ0) is 8.43. The third-order valence-corrected chi connectivity index (χ3v) is 1.23. The van der Waals surface area contributed by atoms with Crippen molar-refractivity contribution >= 4 is 0 Å². The summed E-state index contributed by atoms with van der Waals surface area (Å²) in [6, 6.07) is 0. The summed E-state index contributed by atoms with van der Waals surface area (Å²) in [5.74, 6) is -1.80. The molecular weight excluding hydrogens is 151 g/mol. The molecule has 0 aliphatic rings. The fraction of sp³-hybridized carbons (Fsp3) is 0.333. The van der Waals surface area contributed by atoms with Gasteiger partial charge in [0.25, 0.3) is 11.4 Å². The second-order valence-electron chi connectivity index (χ2n) is 2.00. The molecule has 5 heteroatoms. The molecule has 11 heavy (non-hydrogen) atoms. The Kier molecular flexibility index (Phi) is 1.89. The third kappa shape index (κ3) is 1.36. The summed E-state index contributed by atoms with van der Waals surface area (Å²) in [7, 11) is 0. The summed E-state index contributed by atoms with van der Waals surface area (Å²) >= 11 is 0. The molecule has 4 nitrogen and oxygen atoms in total. The van der Waals surface area contributed by atoms with E-state index in [1.54, 1.807) is 6.92 Å². The van der Waals surface area contributed by atoms with E-state index >= 15 is 0 Å². The van der Waals surface area contributed by atoms with E-state index in [0.29, 0.717) is 6.42 Å². The number of hydrogen-bond donors (Lipinski definition) is 2. The lowest BCUT2D eigenvalue weighted by Gasteiger charge is -1.96. The Morgan fingerprint density at radius 2 is 2.36 bits per heavy atom. The van der Waals surface area contributed by atoms with Gasteiger partial charge >= 0.3 is 0 Å². The summed E-state index contributed by atoms with van der Waals surface area (Å²) < 4.78 is 12.4. The van der Waals surface area contributed by atoms with E-state index < -0.39 is 17.3 Å². The lowest BCUT2D eigenvalue weighted by Crippen LogP contribution is -2.14. The average Bonchev–Trinajstić information content (AvgIpc) is 1.99. The van der Waals surface area contributed by atoms with E-state index in [-0.39, 0.29) is 5.82 Å². The predicted molar refractivity (Wildman–Crippen MR) is 35.9 cm³/mol. The van der Waals surface area contributed by atoms with Crippen LogP contribution in [0.3, 0.4) is 0 Å². The lowest BCUT2D eigenvalue weighted by atomic mass is 10.4. The van der Waals surface area contributed by atoms with Gasteiger partial charge in [0, 0.05) is 6.42 Å². The van der Waals surface area contributed by atoms with E-state index in [2.05, 4.69) is 9.97 Å². The Hall–Kier alpha value is -1.39. The standard InChI is InChI=1S/C6H7FN2O2/c1-2-3-8-5(10)4(7)6(11)9-3/h2H2,1H3,(H2,8,9,10,11). The molecule has 0 aliphatic carbocycles. The van der Waals surface area contributed by atoms with Crippen LogP contribution in [0.2, 0.25) is 0 Å². The highest BCUT2D eigenvalue weighted by atomic mass is 19.1. The Morgan fingerprint density at radius 1 is 1.73 bits per heavy atom. The number of rotatable bonds is 1. The number of aryl methyl sites for hydroxylation is 1. The molecule has 1 heterocycles. The minimum Gasteiger partial charge on any atom is -0.491 e. The second kappa shape index (κ2) is 2.69. The van der Waals surface area contributed by atoms with Crippen molar-refractivity contribution in [3.05, 3.63) is 22.0 Å². The maximum Gasteiger partial charge on any atom is 0.291 e. The van der Waals surface area contributed by atoms with Crippen molar-refractivity contribution in [2.24, 2.45) is 0 Å². The van der Waals surface area contributed by atoms with Crippen LogP contribution < -0.4 is 5.56 Å². The molecule has 0 saturated heterocycles. The van der Waals surface area contributed by atoms with Crippen molar-refractivity contribution in [3.8, 4) is 5.88 Å². The van der Waals surface area contributed by atoms with E-state index in [1.165, 1.54) is 0 Å². The van der Waals surface area contributed by atoms with Gasteiger partial charge in [-0.15, -0.1) is 0 Å². The van der Waals surface area contributed by atoms with Crippen molar-refractivity contribution in [2.45, 2.75) is 13.3 Å². The van der Waals surface area contributed by atoms with Crippen LogP contribution in [0.4, 0.5) is 4.39 Å². The van der Waals surface area contributed by atoms with Gasteiger partial charge in [0.15, 0.2) is 0 Å². The third-order valence-electron chi connectivity index (χ3n) is 1.23. The first kappa shape index (κ1) is 7.71. The van der Waals surface area contributed by atoms with Gasteiger partial charge in [-0.3, -0.25) is 4.79 Å². The molecule has 0 bridgehead atoms. The minimum atomic E-state index is -1.23. The van der Waals surface area contributed by atoms with Gasteiger partial charge in [-0.25, -0.2) is 0 Å². The van der Waals surface area contributed by atoms with Gasteiger partial charge in [0.05, 0.1) is 0 Å². The number of aromatic nitrogens is 2. The number of aromatic amines is 1. The molecule has 60 valence electrons. The van der Waals surface area contributed by atoms with Crippen LogP contribution >= 0.6 is 0 Å². The maximum absolute atomic E-state index is 12.4. The topological polar surface area (TPSA) is 66.0 Å². The fourth-order valence-corrected chi connectivity index (χ4v) is 0.660. The molecule has 0 saturated carbocycles. The first-order chi connectivity index (χ1) is 5.15. The number of H-pyrrole nitrogens is 1. The Labute approximate surface area is 61.7 Å². The highest BCUT2D eigenvalue weighted by molar-refractivity contribution is 5.09. The molecule has 0 radical (unpaired) electrons. The largest absolute Gasteiger partial charge is 0.491 e. The van der Waals surface area contributed by atoms with Gasteiger partial charge in [-0.1, -0.05) is 6.92 Å². The molecular formula is C6H7FN2O2. The van der Waals surface area contributed by atoms with Gasteiger partial charge in [0.1, 0.15) is 5.82 Å². The summed E-state index contributed by atoms with van der Waals surface area (Å²) in [6.45, 7) is 1.73. The highest BCUT2D eigenvalue weighted by Crippen LogP contribution is 2.04. The molecule has 1 aromatic rings. The lowest BCUT2D eigenvalue weighted by molar-refractivity contribution is 0.401. The Balaban J connectivity index is 3.32. The molecule has 1 rings (SSSR count). The maximum atomic E-state index is 12.4. The number of halogens is 1. The van der Waals surface area contributed by atoms with E-state index in [1.807, 2.05) is 0 Å². The molecule has 0 fully saturated rings. The number of aromatic hydroxyl groups is 1. The quantitative estimate of drug-likeness (QED) is 0.612. The normalized spacial score (nSPS) is 10.0. The van der Waals surface area contributed by atoms with Crippen LogP contribution in [0, 0.1) is 5.82 Å². The van der Waals surface area contributed by atoms with Crippen molar-refractivity contribution < 1.29 is 9.50 Å². The Morgan fingerprint density at radius 3 is 2.82 bits per heavy atom. The summed E-state index contributed by atoms with van der Waals surface area (Å²) in [5.41, 5.74) is -0.936. The van der Waals surface area contributed by atoms with Gasteiger partial charge < -0.3 is 10.1 Å². The first-order valence-corrected chi connectivity index (χ1v) is 3.12. The van der Waals surface area contributed by atoms with Gasteiger partial charge in [0.2, 0.25) is 5.82 Å². The van der Waals surface area contributed by atoms with Crippen LogP contribution in [0.25, 0.3) is 0 Å². The van der Waals surface area contributed by atoms with Crippen molar-refractivity contribution in [3.63, 3.8) is 0 Å². The molecule has 2 N–H and O–H groups in total. The van der Waals surface area contributed by atoms with Crippen LogP contribution in [-0.2, 0) is 6.42 Å². The summed E-state index contributed by atoms with van der Waals surface area (Å²) in [4.78, 5) is 16.1. The van der Waals surface area contributed by atoms with Gasteiger partial charge in [-0.2, -0.15) is 9.37 Å². The molecule has 0 aliphatic heterocycles. The van der Waals surface area contributed by atoms with E-state index in [4.69, 9.17) is 5.11 Å². The molecule has 0 aromatic carbocycles. The van der Waals surface area contributed by atoms with Crippen LogP contribution in [-0.4, -0.2) is 15.1 Å². The van der Waals surface area contributed by atoms with E-state index in [9.17, 15) is 9.18 Å². The fourth-order valence-electron chi connectivity index (χ4n) is 0.660. The number of hydrogen-bond acceptors (Lipinski definition) is 3. The van der Waals surface area contributed by atoms with Crippen molar-refractivity contribution in [1.82, 2.24) is 9.97 Å². The molecule has 0 spiro atoms. The smallest absolute Gasteiger partial charge is 0.291 e. The molecule has 1 aromatic heterocycles. The highest BCUT2D eigenvalue weighted by Gasteiger charge is 2.07. The molecule has 0 unspecified atom stereocenters. The van der Waals surface area contributed by atoms with Crippen LogP contribution in [0.1, 0.15) is 12.7 Å². The zero-order valence-electron chi connectivity index (χ0n) is 5.89. The van der Waals surface area contributed by atoms with Crippen molar-refractivity contribution in [1.29, 1.82) is 0 Å². The average molecular weight is 158 g/mol. The predicted octanol–water partition coefficient (Wildman–Crippen LogP) is 0.177. The van der Waals surface area contributed by atoms with Crippen molar-refractivity contribution in [2.75, 3.05) is 0 Å². The van der Waals surface area contributed by atoms with Crippen LogP contribution in [0.15, 0.2) is 4.79 Å². The monoisotopic (exact) mass is 158 g/mol. The van der Waals surface area contributed by atoms with Gasteiger partial charge in [-0.05, 0) is 0 Å². The SMILES string of the molecule is CCc1nc(O)c(F)c(=O)[nH]1. The molecule has 0 amide bonds. The van der Waals surface area contributed by atoms with E-state index in [0.717, 1.165) is 0 Å².